The van der Waals surface area contributed by atoms with Crippen LogP contribution in [0.1, 0.15) is 49.8 Å². The highest BCUT2D eigenvalue weighted by atomic mass is 16.1. The Hall–Kier alpha value is -3.53. The van der Waals surface area contributed by atoms with Gasteiger partial charge >= 0.3 is 0 Å². The molecular formula is C34H33N3O. The standard InChI is InChI=1S/C34H33N3O/c38-31(14-22-10-11-24-6-4-5-9-26(24)12-22)37-32-29(36-30(20-35-32)25-7-2-1-3-8-25)19-33-16-23-13-27-15-28(18-33)34(27,17-23)21-33/h1-12,20,23,27-28H,13-19,21H2,(H,35,37,38). The van der Waals surface area contributed by atoms with Gasteiger partial charge in [0.1, 0.15) is 0 Å². The molecule has 4 aliphatic carbocycles. The fourth-order valence-electron chi connectivity index (χ4n) is 9.21. The van der Waals surface area contributed by atoms with Gasteiger partial charge in [0.2, 0.25) is 5.91 Å². The number of anilines is 1. The molecule has 1 amide bonds. The minimum absolute atomic E-state index is 0.0327. The van der Waals surface area contributed by atoms with Crippen LogP contribution >= 0.6 is 0 Å². The Morgan fingerprint density at radius 1 is 0.895 bits per heavy atom. The molecule has 0 radical (unpaired) electrons. The summed E-state index contributed by atoms with van der Waals surface area (Å²) in [7, 11) is 0. The summed E-state index contributed by atoms with van der Waals surface area (Å²) in [5, 5.41) is 5.52. The van der Waals surface area contributed by atoms with E-state index in [4.69, 9.17) is 9.97 Å². The van der Waals surface area contributed by atoms with Crippen LogP contribution in [0.4, 0.5) is 5.82 Å². The molecule has 1 N–H and O–H groups in total. The zero-order valence-electron chi connectivity index (χ0n) is 21.7. The molecule has 3 aromatic carbocycles. The number of rotatable bonds is 6. The Morgan fingerprint density at radius 3 is 2.63 bits per heavy atom. The smallest absolute Gasteiger partial charge is 0.229 e. The second kappa shape index (κ2) is 8.23. The van der Waals surface area contributed by atoms with Crippen molar-refractivity contribution in [1.29, 1.82) is 0 Å². The molecule has 1 aromatic heterocycles. The first-order valence-corrected chi connectivity index (χ1v) is 14.3. The average molecular weight is 500 g/mol. The summed E-state index contributed by atoms with van der Waals surface area (Å²) < 4.78 is 0. The summed E-state index contributed by atoms with van der Waals surface area (Å²) in [6.07, 6.45) is 11.4. The molecule has 3 bridgehead atoms. The summed E-state index contributed by atoms with van der Waals surface area (Å²) in [5.41, 5.74) is 4.89. The van der Waals surface area contributed by atoms with Gasteiger partial charge in [-0.2, -0.15) is 0 Å². The molecule has 0 saturated heterocycles. The Labute approximate surface area is 223 Å². The minimum atomic E-state index is -0.0327. The van der Waals surface area contributed by atoms with E-state index in [1.165, 1.54) is 43.9 Å². The first-order chi connectivity index (χ1) is 18.6. The van der Waals surface area contributed by atoms with Crippen LogP contribution in [-0.4, -0.2) is 15.9 Å². The van der Waals surface area contributed by atoms with E-state index in [-0.39, 0.29) is 5.91 Å². The van der Waals surface area contributed by atoms with E-state index in [9.17, 15) is 4.79 Å². The van der Waals surface area contributed by atoms with Crippen molar-refractivity contribution in [1.82, 2.24) is 9.97 Å². The molecule has 38 heavy (non-hydrogen) atoms. The predicted octanol–water partition coefficient (Wildman–Crippen LogP) is 7.24. The molecule has 4 saturated carbocycles. The van der Waals surface area contributed by atoms with E-state index in [2.05, 4.69) is 41.7 Å². The number of aromatic nitrogens is 2. The maximum atomic E-state index is 13.3. The van der Waals surface area contributed by atoms with Crippen molar-refractivity contribution in [3.8, 4) is 11.3 Å². The van der Waals surface area contributed by atoms with Crippen LogP contribution in [0.15, 0.2) is 79.0 Å². The van der Waals surface area contributed by atoms with Crippen molar-refractivity contribution in [3.05, 3.63) is 90.3 Å². The fourth-order valence-corrected chi connectivity index (χ4v) is 9.21. The number of hydrogen-bond acceptors (Lipinski definition) is 3. The lowest BCUT2D eigenvalue weighted by Gasteiger charge is -2.49. The third-order valence-corrected chi connectivity index (χ3v) is 10.5. The molecule has 1 spiro atoms. The molecule has 190 valence electrons. The number of carbonyl (C=O) groups is 1. The molecule has 4 fully saturated rings. The lowest BCUT2D eigenvalue weighted by atomic mass is 9.55. The summed E-state index contributed by atoms with van der Waals surface area (Å²) in [5.74, 6) is 3.39. The molecule has 1 heterocycles. The van der Waals surface area contributed by atoms with Gasteiger partial charge in [0, 0.05) is 5.56 Å². The largest absolute Gasteiger partial charge is 0.309 e. The predicted molar refractivity (Wildman–Crippen MR) is 150 cm³/mol. The van der Waals surface area contributed by atoms with E-state index >= 15 is 0 Å². The molecule has 4 heteroatoms. The number of hydrogen-bond donors (Lipinski definition) is 1. The SMILES string of the molecule is O=C(Cc1ccc2ccccc2c1)Nc1ncc(-c2ccccc2)nc1CC12CC3CC4CC(C1)C4(C3)C2. The van der Waals surface area contributed by atoms with E-state index < -0.39 is 0 Å². The Balaban J connectivity index is 1.10. The highest BCUT2D eigenvalue weighted by molar-refractivity contribution is 5.93. The maximum absolute atomic E-state index is 13.3. The summed E-state index contributed by atoms with van der Waals surface area (Å²) in [4.78, 5) is 23.3. The van der Waals surface area contributed by atoms with Crippen LogP contribution in [0.5, 0.6) is 0 Å². The van der Waals surface area contributed by atoms with Crippen molar-refractivity contribution in [2.75, 3.05) is 5.32 Å². The van der Waals surface area contributed by atoms with Crippen molar-refractivity contribution < 1.29 is 4.79 Å². The van der Waals surface area contributed by atoms with Gasteiger partial charge in [0.05, 0.1) is 24.0 Å². The first kappa shape index (κ1) is 22.5. The summed E-state index contributed by atoms with van der Waals surface area (Å²) >= 11 is 0. The summed E-state index contributed by atoms with van der Waals surface area (Å²) in [6, 6.07) is 24.8. The first-order valence-electron chi connectivity index (χ1n) is 14.3. The second-order valence-corrected chi connectivity index (χ2v) is 12.8. The lowest BCUT2D eigenvalue weighted by molar-refractivity contribution is -0.115. The van der Waals surface area contributed by atoms with E-state index in [1.807, 2.05) is 42.6 Å². The molecule has 5 unspecified atom stereocenters. The van der Waals surface area contributed by atoms with Gasteiger partial charge in [-0.3, -0.25) is 4.79 Å². The lowest BCUT2D eigenvalue weighted by Crippen LogP contribution is -2.42. The quantitative estimate of drug-likeness (QED) is 0.304. The average Bonchev–Trinajstić information content (AvgIpc) is 3.24. The number of nitrogens with one attached hydrogen (secondary N) is 1. The number of nitrogens with zero attached hydrogens (tertiary/aromatic N) is 2. The van der Waals surface area contributed by atoms with E-state index in [1.54, 1.807) is 0 Å². The number of benzene rings is 3. The van der Waals surface area contributed by atoms with Gasteiger partial charge in [-0.05, 0) is 89.9 Å². The number of carbonyl (C=O) groups excluding carboxylic acids is 1. The van der Waals surface area contributed by atoms with Crippen molar-refractivity contribution in [3.63, 3.8) is 0 Å². The van der Waals surface area contributed by atoms with Crippen LogP contribution in [0.3, 0.4) is 0 Å². The molecule has 4 nitrogen and oxygen atoms in total. The fraction of sp³-hybridized carbons (Fsp3) is 0.382. The van der Waals surface area contributed by atoms with Crippen LogP contribution < -0.4 is 5.32 Å². The molecule has 0 aliphatic heterocycles. The highest BCUT2D eigenvalue weighted by Gasteiger charge is 2.70. The third kappa shape index (κ3) is 3.53. The van der Waals surface area contributed by atoms with Crippen LogP contribution in [0, 0.1) is 28.6 Å². The minimum Gasteiger partial charge on any atom is -0.309 e. The van der Waals surface area contributed by atoms with E-state index in [0.29, 0.717) is 23.1 Å². The van der Waals surface area contributed by atoms with Gasteiger partial charge in [-0.15, -0.1) is 0 Å². The monoisotopic (exact) mass is 499 g/mol. The van der Waals surface area contributed by atoms with Crippen LogP contribution in [-0.2, 0) is 17.6 Å². The summed E-state index contributed by atoms with van der Waals surface area (Å²) in [6.45, 7) is 0. The Bertz CT molecular complexity index is 1560. The Kier molecular flexibility index (Phi) is 4.86. The van der Waals surface area contributed by atoms with Crippen molar-refractivity contribution in [2.45, 2.75) is 51.4 Å². The normalized spacial score (nSPS) is 30.3. The zero-order valence-corrected chi connectivity index (χ0v) is 21.7. The molecule has 5 atom stereocenters. The third-order valence-electron chi connectivity index (χ3n) is 10.5. The molecule has 4 aliphatic rings. The maximum Gasteiger partial charge on any atom is 0.229 e. The van der Waals surface area contributed by atoms with Crippen LogP contribution in [0.2, 0.25) is 0 Å². The van der Waals surface area contributed by atoms with Gasteiger partial charge in [0.15, 0.2) is 5.82 Å². The van der Waals surface area contributed by atoms with Gasteiger partial charge in [-0.1, -0.05) is 72.8 Å². The molecule has 8 rings (SSSR count). The van der Waals surface area contributed by atoms with E-state index in [0.717, 1.165) is 52.1 Å². The number of amides is 1. The Morgan fingerprint density at radius 2 is 1.74 bits per heavy atom. The zero-order chi connectivity index (χ0) is 25.3. The molecular weight excluding hydrogens is 466 g/mol. The van der Waals surface area contributed by atoms with Crippen LogP contribution in [0.25, 0.3) is 22.0 Å². The van der Waals surface area contributed by atoms with Gasteiger partial charge in [-0.25, -0.2) is 9.97 Å². The van der Waals surface area contributed by atoms with Gasteiger partial charge < -0.3 is 5.32 Å². The number of fused-ring (bicyclic) bond motifs is 3. The van der Waals surface area contributed by atoms with Crippen molar-refractivity contribution >= 4 is 22.5 Å². The van der Waals surface area contributed by atoms with Gasteiger partial charge in [0.25, 0.3) is 0 Å². The molecule has 4 aromatic rings. The van der Waals surface area contributed by atoms with Crippen molar-refractivity contribution in [2.24, 2.45) is 28.6 Å². The highest BCUT2D eigenvalue weighted by Crippen LogP contribution is 2.79. The topological polar surface area (TPSA) is 54.9 Å². The second-order valence-electron chi connectivity index (χ2n) is 12.8.